The largest absolute Gasteiger partial charge is 0.235 e. The molecule has 3 aromatic heterocycles. The van der Waals surface area contributed by atoms with Gasteiger partial charge in [-0.1, -0.05) is 6.07 Å². The van der Waals surface area contributed by atoms with Crippen LogP contribution < -0.4 is 0 Å². The summed E-state index contributed by atoms with van der Waals surface area (Å²) >= 11 is 0. The monoisotopic (exact) mass is 223 g/mol. The van der Waals surface area contributed by atoms with Crippen molar-refractivity contribution in [3.63, 3.8) is 0 Å². The summed E-state index contributed by atoms with van der Waals surface area (Å²) in [5, 5.41) is 4.13. The average molecular weight is 223 g/mol. The van der Waals surface area contributed by atoms with E-state index in [-0.39, 0.29) is 0 Å². The average Bonchev–Trinajstić information content (AvgIpc) is 2.94. The third kappa shape index (κ3) is 1.90. The predicted molar refractivity (Wildman–Crippen MR) is 62.4 cm³/mol. The second-order valence-corrected chi connectivity index (χ2v) is 3.40. The maximum Gasteiger partial charge on any atom is 0.178 e. The molecule has 5 heteroatoms. The van der Waals surface area contributed by atoms with Crippen molar-refractivity contribution in [1.29, 1.82) is 0 Å². The number of rotatable bonds is 2. The lowest BCUT2D eigenvalue weighted by Gasteiger charge is -2.02. The van der Waals surface area contributed by atoms with E-state index in [2.05, 4.69) is 20.1 Å². The van der Waals surface area contributed by atoms with Gasteiger partial charge in [0.05, 0.1) is 0 Å². The maximum absolute atomic E-state index is 4.46. The predicted octanol–water partition coefficient (Wildman–Crippen LogP) is 1.72. The van der Waals surface area contributed by atoms with E-state index in [1.165, 1.54) is 0 Å². The Balaban J connectivity index is 2.06. The van der Waals surface area contributed by atoms with E-state index in [1.54, 1.807) is 29.3 Å². The Morgan fingerprint density at radius 3 is 2.53 bits per heavy atom. The standard InChI is InChI=1S/C12H9N5/c1-4-10(12-13-6-2-7-14-12)16-11(5-1)17-9-3-8-15-17/h1-9H. The lowest BCUT2D eigenvalue weighted by molar-refractivity contribution is 0.847. The molecule has 0 aliphatic rings. The van der Waals surface area contributed by atoms with Gasteiger partial charge in [-0.2, -0.15) is 5.10 Å². The van der Waals surface area contributed by atoms with Crippen LogP contribution in [0.4, 0.5) is 0 Å². The maximum atomic E-state index is 4.46. The van der Waals surface area contributed by atoms with Crippen LogP contribution in [0.5, 0.6) is 0 Å². The Kier molecular flexibility index (Phi) is 2.34. The third-order valence-corrected chi connectivity index (χ3v) is 2.27. The summed E-state index contributed by atoms with van der Waals surface area (Å²) in [5.74, 6) is 1.36. The van der Waals surface area contributed by atoms with Gasteiger partial charge in [0.1, 0.15) is 5.69 Å². The highest BCUT2D eigenvalue weighted by Gasteiger charge is 2.04. The number of aromatic nitrogens is 5. The van der Waals surface area contributed by atoms with Gasteiger partial charge in [0.15, 0.2) is 11.6 Å². The van der Waals surface area contributed by atoms with Crippen LogP contribution in [0.2, 0.25) is 0 Å². The van der Waals surface area contributed by atoms with E-state index >= 15 is 0 Å². The van der Waals surface area contributed by atoms with Crippen molar-refractivity contribution in [1.82, 2.24) is 24.7 Å². The van der Waals surface area contributed by atoms with Crippen molar-refractivity contribution in [3.8, 4) is 17.3 Å². The van der Waals surface area contributed by atoms with Crippen molar-refractivity contribution in [2.24, 2.45) is 0 Å². The summed E-state index contributed by atoms with van der Waals surface area (Å²) in [5.41, 5.74) is 0.735. The number of nitrogens with zero attached hydrogens (tertiary/aromatic N) is 5. The summed E-state index contributed by atoms with van der Waals surface area (Å²) < 4.78 is 1.70. The second-order valence-electron chi connectivity index (χ2n) is 3.40. The molecule has 17 heavy (non-hydrogen) atoms. The van der Waals surface area contributed by atoms with Gasteiger partial charge in [-0.3, -0.25) is 0 Å². The molecule has 0 unspecified atom stereocenters. The van der Waals surface area contributed by atoms with Gasteiger partial charge in [-0.05, 0) is 24.3 Å². The Morgan fingerprint density at radius 1 is 0.882 bits per heavy atom. The Labute approximate surface area is 97.8 Å². The van der Waals surface area contributed by atoms with Crippen LogP contribution >= 0.6 is 0 Å². The molecule has 0 atom stereocenters. The first kappa shape index (κ1) is 9.65. The molecule has 0 aliphatic carbocycles. The first-order valence-electron chi connectivity index (χ1n) is 5.18. The molecule has 3 heterocycles. The van der Waals surface area contributed by atoms with E-state index in [0.717, 1.165) is 11.5 Å². The van der Waals surface area contributed by atoms with Crippen molar-refractivity contribution >= 4 is 0 Å². The minimum Gasteiger partial charge on any atom is -0.235 e. The molecule has 82 valence electrons. The van der Waals surface area contributed by atoms with Gasteiger partial charge in [0.2, 0.25) is 0 Å². The minimum atomic E-state index is 0.613. The van der Waals surface area contributed by atoms with E-state index < -0.39 is 0 Å². The summed E-state index contributed by atoms with van der Waals surface area (Å²) in [4.78, 5) is 12.8. The quantitative estimate of drug-likeness (QED) is 0.663. The Bertz CT molecular complexity index is 604. The summed E-state index contributed by atoms with van der Waals surface area (Å²) in [6, 6.07) is 9.31. The van der Waals surface area contributed by atoms with Crippen LogP contribution in [-0.2, 0) is 0 Å². The molecule has 0 aliphatic heterocycles. The van der Waals surface area contributed by atoms with Crippen LogP contribution in [0.25, 0.3) is 17.3 Å². The first-order chi connectivity index (χ1) is 8.43. The highest BCUT2D eigenvalue weighted by molar-refractivity contribution is 5.50. The van der Waals surface area contributed by atoms with Crippen LogP contribution in [0, 0.1) is 0 Å². The van der Waals surface area contributed by atoms with Crippen molar-refractivity contribution in [3.05, 3.63) is 55.1 Å². The van der Waals surface area contributed by atoms with Crippen LogP contribution in [0.3, 0.4) is 0 Å². The summed E-state index contributed by atoms with van der Waals surface area (Å²) in [6.45, 7) is 0. The molecule has 0 radical (unpaired) electrons. The van der Waals surface area contributed by atoms with E-state index in [9.17, 15) is 0 Å². The molecule has 0 aromatic carbocycles. The SMILES string of the molecule is c1cnc(-c2cccc(-n3cccn3)n2)nc1. The van der Waals surface area contributed by atoms with Gasteiger partial charge in [-0.15, -0.1) is 0 Å². The lowest BCUT2D eigenvalue weighted by Crippen LogP contribution is -1.99. The highest BCUT2D eigenvalue weighted by Crippen LogP contribution is 2.12. The normalized spacial score (nSPS) is 10.4. The fourth-order valence-corrected chi connectivity index (χ4v) is 1.51. The fourth-order valence-electron chi connectivity index (χ4n) is 1.51. The van der Waals surface area contributed by atoms with Gasteiger partial charge in [0, 0.05) is 24.8 Å². The van der Waals surface area contributed by atoms with Gasteiger partial charge in [-0.25, -0.2) is 19.6 Å². The molecule has 3 rings (SSSR count). The lowest BCUT2D eigenvalue weighted by atomic mass is 10.3. The Morgan fingerprint density at radius 2 is 1.76 bits per heavy atom. The molecule has 0 amide bonds. The first-order valence-corrected chi connectivity index (χ1v) is 5.18. The number of pyridine rings is 1. The van der Waals surface area contributed by atoms with Crippen molar-refractivity contribution < 1.29 is 0 Å². The molecular formula is C12H9N5. The van der Waals surface area contributed by atoms with Crippen LogP contribution in [-0.4, -0.2) is 24.7 Å². The summed E-state index contributed by atoms with van der Waals surface area (Å²) in [6.07, 6.45) is 6.96. The molecule has 0 N–H and O–H groups in total. The van der Waals surface area contributed by atoms with Gasteiger partial charge >= 0.3 is 0 Å². The highest BCUT2D eigenvalue weighted by atomic mass is 15.3. The topological polar surface area (TPSA) is 56.5 Å². The van der Waals surface area contributed by atoms with Crippen molar-refractivity contribution in [2.75, 3.05) is 0 Å². The van der Waals surface area contributed by atoms with Crippen molar-refractivity contribution in [2.45, 2.75) is 0 Å². The zero-order valence-electron chi connectivity index (χ0n) is 8.93. The molecular weight excluding hydrogens is 214 g/mol. The van der Waals surface area contributed by atoms with Gasteiger partial charge < -0.3 is 0 Å². The smallest absolute Gasteiger partial charge is 0.178 e. The molecule has 0 saturated heterocycles. The molecule has 5 nitrogen and oxygen atoms in total. The zero-order valence-corrected chi connectivity index (χ0v) is 8.93. The molecule has 0 saturated carbocycles. The van der Waals surface area contributed by atoms with Gasteiger partial charge in [0.25, 0.3) is 0 Å². The molecule has 0 bridgehead atoms. The zero-order chi connectivity index (χ0) is 11.5. The second kappa shape index (κ2) is 4.13. The summed E-state index contributed by atoms with van der Waals surface area (Å²) in [7, 11) is 0. The fraction of sp³-hybridized carbons (Fsp3) is 0. The van der Waals surface area contributed by atoms with Crippen LogP contribution in [0.15, 0.2) is 55.1 Å². The van der Waals surface area contributed by atoms with E-state index in [0.29, 0.717) is 5.82 Å². The third-order valence-electron chi connectivity index (χ3n) is 2.27. The molecule has 0 spiro atoms. The Hall–Kier alpha value is -2.56. The number of hydrogen-bond donors (Lipinski definition) is 0. The minimum absolute atomic E-state index is 0.613. The number of hydrogen-bond acceptors (Lipinski definition) is 4. The molecule has 0 fully saturated rings. The van der Waals surface area contributed by atoms with E-state index in [1.807, 2.05) is 30.5 Å². The van der Waals surface area contributed by atoms with Crippen LogP contribution in [0.1, 0.15) is 0 Å². The molecule has 3 aromatic rings. The van der Waals surface area contributed by atoms with E-state index in [4.69, 9.17) is 0 Å².